The Morgan fingerprint density at radius 1 is 0.535 bits per heavy atom. The Balaban J connectivity index is 1.28. The fraction of sp³-hybridized carbons (Fsp3) is 0.915. The van der Waals surface area contributed by atoms with Gasteiger partial charge in [-0.25, -0.2) is 4.79 Å². The van der Waals surface area contributed by atoms with Crippen molar-refractivity contribution in [2.75, 3.05) is 52.9 Å². The highest BCUT2D eigenvalue weighted by atomic mass is 16.8. The van der Waals surface area contributed by atoms with E-state index in [1.54, 1.807) is 0 Å². The summed E-state index contributed by atoms with van der Waals surface area (Å²) in [7, 11) is 0. The van der Waals surface area contributed by atoms with E-state index in [2.05, 4.69) is 16.0 Å². The van der Waals surface area contributed by atoms with E-state index in [9.17, 15) is 121 Å². The van der Waals surface area contributed by atoms with Gasteiger partial charge in [-0.15, -0.1) is 0 Å². The maximum absolute atomic E-state index is 13.1. The van der Waals surface area contributed by atoms with Crippen molar-refractivity contribution < 1.29 is 178 Å². The summed E-state index contributed by atoms with van der Waals surface area (Å²) in [5.74, 6) is -6.99. The van der Waals surface area contributed by atoms with Crippen LogP contribution < -0.4 is 16.0 Å². The van der Waals surface area contributed by atoms with Crippen molar-refractivity contribution in [1.29, 1.82) is 0 Å². The van der Waals surface area contributed by atoms with Gasteiger partial charge in [-0.05, 0) is 0 Å². The summed E-state index contributed by atoms with van der Waals surface area (Å²) < 4.78 is 68.7. The largest absolute Gasteiger partial charge is 0.477 e. The summed E-state index contributed by atoms with van der Waals surface area (Å²) >= 11 is 0. The lowest BCUT2D eigenvalue weighted by Crippen LogP contribution is -2.71. The second-order valence-corrected chi connectivity index (χ2v) is 21.2. The Hall–Kier alpha value is -3.36. The summed E-state index contributed by atoms with van der Waals surface area (Å²) in [5, 5.41) is 223. The number of hydrogen-bond donors (Lipinski definition) is 23. The second kappa shape index (κ2) is 31.6. The molecule has 86 heavy (non-hydrogen) atoms. The Morgan fingerprint density at radius 2 is 0.988 bits per heavy atom. The predicted octanol–water partition coefficient (Wildman–Crippen LogP) is -15.5. The fourth-order valence-corrected chi connectivity index (χ4v) is 10.5. The molecule has 32 atom stereocenters. The van der Waals surface area contributed by atoms with Crippen molar-refractivity contribution in [3.8, 4) is 0 Å². The molecule has 23 N–H and O–H groups in total. The lowest BCUT2D eigenvalue weighted by molar-refractivity contribution is -0.390. The summed E-state index contributed by atoms with van der Waals surface area (Å²) in [5.41, 5.74) is 0. The fourth-order valence-electron chi connectivity index (χ4n) is 10.5. The number of rotatable bonds is 27. The third-order valence-corrected chi connectivity index (χ3v) is 15.2. The van der Waals surface area contributed by atoms with Crippen LogP contribution in [0, 0.1) is 0 Å². The number of aliphatic carboxylic acids is 1. The van der Waals surface area contributed by atoms with Crippen molar-refractivity contribution in [3.63, 3.8) is 0 Å². The third-order valence-electron chi connectivity index (χ3n) is 15.2. The molecule has 0 saturated carbocycles. The molecule has 6 aliphatic rings. The third kappa shape index (κ3) is 16.0. The van der Waals surface area contributed by atoms with Crippen LogP contribution in [0.4, 0.5) is 0 Å². The van der Waals surface area contributed by atoms with Crippen molar-refractivity contribution in [2.45, 2.75) is 216 Å². The van der Waals surface area contributed by atoms with Crippen LogP contribution >= 0.6 is 0 Å². The highest BCUT2D eigenvalue weighted by Crippen LogP contribution is 2.39. The number of carboxylic acids is 1. The van der Waals surface area contributed by atoms with Crippen molar-refractivity contribution in [3.05, 3.63) is 0 Å². The molecule has 0 aliphatic carbocycles. The smallest absolute Gasteiger partial charge is 0.364 e. The van der Waals surface area contributed by atoms with Crippen LogP contribution in [-0.2, 0) is 76.0 Å². The first kappa shape index (κ1) is 71.7. The molecule has 0 bridgehead atoms. The molecule has 6 rings (SSSR count). The number of aliphatic hydroxyl groups is 19. The van der Waals surface area contributed by atoms with Gasteiger partial charge in [0.15, 0.2) is 31.5 Å². The number of aliphatic hydroxyl groups excluding tert-OH is 19. The van der Waals surface area contributed by atoms with Crippen LogP contribution in [0.25, 0.3) is 0 Å². The van der Waals surface area contributed by atoms with Crippen LogP contribution in [0.3, 0.4) is 0 Å². The summed E-state index contributed by atoms with van der Waals surface area (Å²) in [4.78, 5) is 49.1. The van der Waals surface area contributed by atoms with E-state index in [0.717, 1.165) is 13.8 Å². The first-order valence-corrected chi connectivity index (χ1v) is 27.0. The minimum atomic E-state index is -3.12. The topological polar surface area (TPSA) is 620 Å². The van der Waals surface area contributed by atoms with E-state index in [1.807, 2.05) is 0 Å². The molecule has 0 aromatic rings. The Kier molecular flexibility index (Phi) is 26.3. The zero-order valence-electron chi connectivity index (χ0n) is 45.8. The lowest BCUT2D eigenvalue weighted by Gasteiger charge is -2.51. The number of carbonyl (C=O) groups excluding carboxylic acids is 3. The van der Waals surface area contributed by atoms with Gasteiger partial charge in [-0.1, -0.05) is 0 Å². The Bertz CT molecular complexity index is 2150. The molecular weight excluding hydrogens is 1180 g/mol. The average Bonchev–Trinajstić information content (AvgIpc) is 1.18. The van der Waals surface area contributed by atoms with Crippen LogP contribution in [0.15, 0.2) is 0 Å². The molecule has 39 heteroatoms. The molecule has 0 spiro atoms. The normalized spacial score (nSPS) is 45.0. The first-order valence-electron chi connectivity index (χ1n) is 27.0. The monoisotopic (exact) mass is 1260 g/mol. The highest BCUT2D eigenvalue weighted by Gasteiger charge is 2.60. The molecule has 6 saturated heterocycles. The molecule has 498 valence electrons. The van der Waals surface area contributed by atoms with E-state index in [1.165, 1.54) is 0 Å². The van der Waals surface area contributed by atoms with Gasteiger partial charge in [-0.3, -0.25) is 14.4 Å². The van der Waals surface area contributed by atoms with E-state index >= 15 is 0 Å². The Labute approximate surface area is 486 Å². The average molecular weight is 1260 g/mol. The molecular formula is C47H79N3O36. The standard InChI is InChI=1S/C47H79N3O36/c1-13(58)49-23-16(60)3-47(46(73)74,86-39(23)25(62)17(61)5-52)76-11-22-28(65)38(84-43-32(69)29(66)26(63)18(6-53)77-43)24(50-14(2)59)41(81-22)85-40-27(64)19(7-54)78-45(35(40)72)83-37-21(9-56)80-44(34(71)31(37)68)82-36-20(8-55)79-42(33(70)30(36)67)75-10-15(4-51)48-12-57/h12,15-45,51-56,60-72H,3-11H2,1-2H3,(H,48,57)(H,49,58)(H,50,59)(H,73,74)/t15-,16+,17-,18-,19-,20-,21-,22-,23-,24-,25-,26+,27+,28+,29+,30-,31-,32-,33-,34-,35-,36-,37+,38-,39-,40+,41+,42-,43+,44+,45-,47-/m1/s1. The molecule has 0 radical (unpaired) electrons. The van der Waals surface area contributed by atoms with Gasteiger partial charge in [0, 0.05) is 20.3 Å². The van der Waals surface area contributed by atoms with Gasteiger partial charge in [0.25, 0.3) is 5.79 Å². The van der Waals surface area contributed by atoms with E-state index in [4.69, 9.17) is 56.8 Å². The van der Waals surface area contributed by atoms with Gasteiger partial charge in [-0.2, -0.15) is 0 Å². The number of amides is 3. The van der Waals surface area contributed by atoms with E-state index < -0.39 is 273 Å². The predicted molar refractivity (Wildman–Crippen MR) is 263 cm³/mol. The van der Waals surface area contributed by atoms with E-state index in [0.29, 0.717) is 0 Å². The molecule has 0 unspecified atom stereocenters. The number of ether oxygens (including phenoxy) is 12. The van der Waals surface area contributed by atoms with Crippen LogP contribution in [0.1, 0.15) is 20.3 Å². The van der Waals surface area contributed by atoms with E-state index in [-0.39, 0.29) is 6.41 Å². The van der Waals surface area contributed by atoms with Crippen LogP contribution in [0.2, 0.25) is 0 Å². The van der Waals surface area contributed by atoms with Crippen molar-refractivity contribution in [2.24, 2.45) is 0 Å². The molecule has 0 aromatic carbocycles. The highest BCUT2D eigenvalue weighted by molar-refractivity contribution is 5.76. The molecule has 0 aromatic heterocycles. The van der Waals surface area contributed by atoms with Gasteiger partial charge in [0.2, 0.25) is 18.2 Å². The number of hydrogen-bond acceptors (Lipinski definition) is 35. The molecule has 6 fully saturated rings. The van der Waals surface area contributed by atoms with Crippen molar-refractivity contribution in [1.82, 2.24) is 16.0 Å². The van der Waals surface area contributed by atoms with Gasteiger partial charge in [0.05, 0.1) is 71.0 Å². The lowest BCUT2D eigenvalue weighted by atomic mass is 9.88. The van der Waals surface area contributed by atoms with Gasteiger partial charge >= 0.3 is 5.97 Å². The minimum absolute atomic E-state index is 0.261. The van der Waals surface area contributed by atoms with Crippen molar-refractivity contribution >= 4 is 24.2 Å². The first-order chi connectivity index (χ1) is 40.6. The zero-order valence-corrected chi connectivity index (χ0v) is 45.8. The van der Waals surface area contributed by atoms with Crippen LogP contribution in [-0.4, -0.2) is 375 Å². The maximum Gasteiger partial charge on any atom is 0.364 e. The molecule has 3 amide bonds. The summed E-state index contributed by atoms with van der Waals surface area (Å²) in [6.45, 7) is -5.77. The SMILES string of the molecule is CC(=O)N[C@H]1[C@H](O[C@H]2[C@@H](O)[C@@H](CO)O[C@H](O[C@@H]3[C@H](O)[C@@H](O)[C@H](O[C@H]4[C@H](O)[C@@H](O)[C@H](OC[C@@H](CO)NC=O)O[C@@H]4CO)O[C@@H]3CO)[C@@H]2O)O[C@H](CO[C@]2(C(=O)O)C[C@H](O)[C@@H](NC(C)=O)[C@H]([C@H](O)[C@H](O)CO)O2)[C@H](O)[C@@H]1O[C@@H]1O[C@H](CO)[C@H](O)[C@H](O)[C@H]1O. The zero-order chi connectivity index (χ0) is 63.8. The Morgan fingerprint density at radius 3 is 1.50 bits per heavy atom. The number of carbonyl (C=O) groups is 4. The second-order valence-electron chi connectivity index (χ2n) is 21.2. The molecule has 39 nitrogen and oxygen atoms in total. The van der Waals surface area contributed by atoms with Gasteiger partial charge in [0.1, 0.15) is 140 Å². The summed E-state index contributed by atoms with van der Waals surface area (Å²) in [6.07, 6.45) is -58.5. The summed E-state index contributed by atoms with van der Waals surface area (Å²) in [6, 6.07) is -4.64. The maximum atomic E-state index is 13.1. The van der Waals surface area contributed by atoms with Gasteiger partial charge < -0.3 is 175 Å². The number of nitrogens with one attached hydrogen (secondary N) is 3. The quantitative estimate of drug-likeness (QED) is 0.0340. The minimum Gasteiger partial charge on any atom is -0.477 e. The number of carboxylic acid groups (broad SMARTS) is 1. The molecule has 6 aliphatic heterocycles. The molecule has 6 heterocycles. The van der Waals surface area contributed by atoms with Crippen LogP contribution in [0.5, 0.6) is 0 Å².